The topological polar surface area (TPSA) is 98.7 Å². The van der Waals surface area contributed by atoms with Gasteiger partial charge in [-0.05, 0) is 17.7 Å². The maximum absolute atomic E-state index is 13.7. The van der Waals surface area contributed by atoms with E-state index in [2.05, 4.69) is 5.32 Å². The van der Waals surface area contributed by atoms with Crippen LogP contribution in [0.3, 0.4) is 0 Å². The summed E-state index contributed by atoms with van der Waals surface area (Å²) in [5.41, 5.74) is -3.81. The van der Waals surface area contributed by atoms with Crippen molar-refractivity contribution in [1.29, 1.82) is 0 Å². The van der Waals surface area contributed by atoms with Gasteiger partial charge in [0.25, 0.3) is 0 Å². The Bertz CT molecular complexity index is 872. The second kappa shape index (κ2) is 6.58. The number of hydrogen-bond donors (Lipinski definition) is 4. The van der Waals surface area contributed by atoms with E-state index in [1.165, 1.54) is 47.8 Å². The first kappa shape index (κ1) is 18.7. The summed E-state index contributed by atoms with van der Waals surface area (Å²) in [6, 6.07) is 9.45. The molecule has 2 aromatic rings. The summed E-state index contributed by atoms with van der Waals surface area (Å²) in [7, 11) is 0. The molecule has 142 valence electrons. The SMILES string of the molecule is O=C1NC(c2cccc(O)c2)C(C(=O)c2ccccc2)C(O)(C(F)(F)F)N1. The number of aromatic hydroxyl groups is 1. The zero-order valence-corrected chi connectivity index (χ0v) is 13.7. The number of aliphatic hydroxyl groups is 1. The number of phenolic OH excluding ortho intramolecular Hbond substituents is 1. The molecule has 0 aromatic heterocycles. The lowest BCUT2D eigenvalue weighted by Crippen LogP contribution is -2.72. The first-order valence-corrected chi connectivity index (χ1v) is 7.89. The Kier molecular flexibility index (Phi) is 4.56. The normalized spacial score (nSPS) is 25.4. The average Bonchev–Trinajstić information content (AvgIpc) is 2.60. The van der Waals surface area contributed by atoms with Crippen LogP contribution in [0.4, 0.5) is 18.0 Å². The Balaban J connectivity index is 2.17. The van der Waals surface area contributed by atoms with Crippen LogP contribution in [0.1, 0.15) is 22.0 Å². The Morgan fingerprint density at radius 2 is 1.74 bits per heavy atom. The van der Waals surface area contributed by atoms with Crippen molar-refractivity contribution in [2.45, 2.75) is 17.9 Å². The highest BCUT2D eigenvalue weighted by Crippen LogP contribution is 2.44. The van der Waals surface area contributed by atoms with Crippen molar-refractivity contribution in [3.05, 3.63) is 65.7 Å². The van der Waals surface area contributed by atoms with E-state index in [0.717, 1.165) is 6.07 Å². The van der Waals surface area contributed by atoms with Crippen molar-refractivity contribution in [3.8, 4) is 5.75 Å². The van der Waals surface area contributed by atoms with Crippen molar-refractivity contribution in [2.24, 2.45) is 5.92 Å². The molecule has 2 aromatic carbocycles. The van der Waals surface area contributed by atoms with E-state index < -0.39 is 35.7 Å². The molecule has 1 aliphatic rings. The number of carbonyl (C=O) groups is 2. The molecule has 0 aliphatic carbocycles. The Morgan fingerprint density at radius 1 is 1.07 bits per heavy atom. The van der Waals surface area contributed by atoms with Gasteiger partial charge < -0.3 is 20.8 Å². The molecule has 0 saturated carbocycles. The number of hydrogen-bond acceptors (Lipinski definition) is 4. The summed E-state index contributed by atoms with van der Waals surface area (Å²) in [6.07, 6.45) is -5.32. The minimum absolute atomic E-state index is 0.0433. The highest BCUT2D eigenvalue weighted by atomic mass is 19.4. The highest BCUT2D eigenvalue weighted by molar-refractivity contribution is 6.00. The number of Topliss-reactive ketones (excluding diaryl/α,β-unsaturated/α-hetero) is 1. The Labute approximate surface area is 151 Å². The van der Waals surface area contributed by atoms with E-state index in [0.29, 0.717) is 0 Å². The third-order valence-corrected chi connectivity index (χ3v) is 4.38. The molecule has 3 atom stereocenters. The van der Waals surface area contributed by atoms with E-state index in [1.54, 1.807) is 6.07 Å². The number of nitrogens with one attached hydrogen (secondary N) is 2. The number of amides is 2. The molecule has 3 unspecified atom stereocenters. The van der Waals surface area contributed by atoms with Gasteiger partial charge in [-0.15, -0.1) is 0 Å². The summed E-state index contributed by atoms with van der Waals surface area (Å²) in [4.78, 5) is 24.8. The predicted octanol–water partition coefficient (Wildman–Crippen LogP) is 2.50. The third kappa shape index (κ3) is 3.33. The third-order valence-electron chi connectivity index (χ3n) is 4.38. The van der Waals surface area contributed by atoms with Gasteiger partial charge in [0, 0.05) is 5.56 Å². The molecule has 1 fully saturated rings. The number of rotatable bonds is 3. The minimum Gasteiger partial charge on any atom is -0.508 e. The van der Waals surface area contributed by atoms with Gasteiger partial charge in [-0.1, -0.05) is 42.5 Å². The lowest BCUT2D eigenvalue weighted by Gasteiger charge is -2.45. The second-order valence-corrected chi connectivity index (χ2v) is 6.14. The van der Waals surface area contributed by atoms with Crippen LogP contribution in [0.5, 0.6) is 5.75 Å². The highest BCUT2D eigenvalue weighted by Gasteiger charge is 2.66. The summed E-state index contributed by atoms with van der Waals surface area (Å²) in [5, 5.41) is 23.7. The van der Waals surface area contributed by atoms with Gasteiger partial charge in [-0.2, -0.15) is 13.2 Å². The second-order valence-electron chi connectivity index (χ2n) is 6.14. The monoisotopic (exact) mass is 380 g/mol. The van der Waals surface area contributed by atoms with Crippen molar-refractivity contribution in [2.75, 3.05) is 0 Å². The van der Waals surface area contributed by atoms with Crippen LogP contribution >= 0.6 is 0 Å². The smallest absolute Gasteiger partial charge is 0.437 e. The van der Waals surface area contributed by atoms with E-state index in [-0.39, 0.29) is 16.9 Å². The average molecular weight is 380 g/mol. The van der Waals surface area contributed by atoms with Gasteiger partial charge in [-0.3, -0.25) is 4.79 Å². The molecule has 0 radical (unpaired) electrons. The number of urea groups is 1. The maximum atomic E-state index is 13.7. The van der Waals surface area contributed by atoms with Crippen molar-refractivity contribution < 1.29 is 33.0 Å². The number of alkyl halides is 3. The molecule has 1 saturated heterocycles. The lowest BCUT2D eigenvalue weighted by atomic mass is 9.77. The number of ketones is 1. The zero-order valence-electron chi connectivity index (χ0n) is 13.7. The first-order chi connectivity index (χ1) is 12.6. The Hall–Kier alpha value is -3.07. The first-order valence-electron chi connectivity index (χ1n) is 7.89. The Morgan fingerprint density at radius 3 is 2.33 bits per heavy atom. The molecule has 1 heterocycles. The van der Waals surface area contributed by atoms with Crippen LogP contribution in [0.25, 0.3) is 0 Å². The maximum Gasteiger partial charge on any atom is 0.437 e. The molecule has 0 bridgehead atoms. The lowest BCUT2D eigenvalue weighted by molar-refractivity contribution is -0.287. The molecular formula is C18H15F3N2O4. The van der Waals surface area contributed by atoms with Gasteiger partial charge >= 0.3 is 12.2 Å². The number of halogens is 3. The van der Waals surface area contributed by atoms with Gasteiger partial charge in [0.2, 0.25) is 5.72 Å². The number of phenols is 1. The van der Waals surface area contributed by atoms with Crippen molar-refractivity contribution in [1.82, 2.24) is 10.6 Å². The van der Waals surface area contributed by atoms with Crippen LogP contribution in [0, 0.1) is 5.92 Å². The molecule has 1 aliphatic heterocycles. The van der Waals surface area contributed by atoms with Gasteiger partial charge in [0.1, 0.15) is 11.7 Å². The molecule has 27 heavy (non-hydrogen) atoms. The number of carbonyl (C=O) groups excluding carboxylic acids is 2. The largest absolute Gasteiger partial charge is 0.508 e. The van der Waals surface area contributed by atoms with Crippen LogP contribution in [-0.2, 0) is 0 Å². The van der Waals surface area contributed by atoms with Crippen LogP contribution in [-0.4, -0.2) is 33.9 Å². The van der Waals surface area contributed by atoms with E-state index in [9.17, 15) is 33.0 Å². The molecule has 2 amide bonds. The summed E-state index contributed by atoms with van der Waals surface area (Å²) in [5.74, 6) is -3.41. The van der Waals surface area contributed by atoms with E-state index in [4.69, 9.17) is 0 Å². The molecule has 0 spiro atoms. The van der Waals surface area contributed by atoms with Crippen LogP contribution in [0.2, 0.25) is 0 Å². The van der Waals surface area contributed by atoms with Gasteiger partial charge in [-0.25, -0.2) is 4.79 Å². The quantitative estimate of drug-likeness (QED) is 0.615. The predicted molar refractivity (Wildman–Crippen MR) is 87.8 cm³/mol. The molecular weight excluding hydrogens is 365 g/mol. The minimum atomic E-state index is -5.32. The standard InChI is InChI=1S/C18H15F3N2O4/c19-18(20,21)17(27)13(15(25)10-5-2-1-3-6-10)14(22-16(26)23-17)11-7-4-8-12(24)9-11/h1-9,13-14,24,27H,(H2,22,23,26). The summed E-state index contributed by atoms with van der Waals surface area (Å²) in [6.45, 7) is 0. The van der Waals surface area contributed by atoms with Gasteiger partial charge in [0.15, 0.2) is 5.78 Å². The summed E-state index contributed by atoms with van der Waals surface area (Å²) < 4.78 is 41.1. The molecule has 3 rings (SSSR count). The van der Waals surface area contributed by atoms with Crippen LogP contribution in [0.15, 0.2) is 54.6 Å². The van der Waals surface area contributed by atoms with Crippen molar-refractivity contribution >= 4 is 11.8 Å². The molecule has 4 N–H and O–H groups in total. The number of benzene rings is 2. The fourth-order valence-corrected chi connectivity index (χ4v) is 3.12. The molecule has 6 nitrogen and oxygen atoms in total. The zero-order chi connectivity index (χ0) is 19.8. The van der Waals surface area contributed by atoms with E-state index in [1.807, 2.05) is 0 Å². The fourth-order valence-electron chi connectivity index (χ4n) is 3.12. The van der Waals surface area contributed by atoms with E-state index >= 15 is 0 Å². The van der Waals surface area contributed by atoms with Gasteiger partial charge in [0.05, 0.1) is 6.04 Å². The van der Waals surface area contributed by atoms with Crippen LogP contribution < -0.4 is 10.6 Å². The fraction of sp³-hybridized carbons (Fsp3) is 0.222. The summed E-state index contributed by atoms with van der Waals surface area (Å²) >= 11 is 0. The van der Waals surface area contributed by atoms with Crippen molar-refractivity contribution in [3.63, 3.8) is 0 Å². The molecule has 9 heteroatoms.